The molecule has 1 atom stereocenters. The van der Waals surface area contributed by atoms with Crippen LogP contribution in [0.1, 0.15) is 31.4 Å². The minimum absolute atomic E-state index is 0.203. The van der Waals surface area contributed by atoms with Crippen molar-refractivity contribution in [1.29, 1.82) is 0 Å². The maximum absolute atomic E-state index is 12.5. The predicted octanol–water partition coefficient (Wildman–Crippen LogP) is 4.54. The van der Waals surface area contributed by atoms with Crippen LogP contribution in [0.5, 0.6) is 0 Å². The van der Waals surface area contributed by atoms with Gasteiger partial charge in [-0.05, 0) is 48.9 Å². The average molecular weight is 329 g/mol. The number of hydrogen-bond donors (Lipinski definition) is 0. The third kappa shape index (κ3) is 3.35. The van der Waals surface area contributed by atoms with Gasteiger partial charge in [0, 0.05) is 6.04 Å². The number of halogens is 3. The van der Waals surface area contributed by atoms with Gasteiger partial charge in [-0.3, -0.25) is 14.5 Å². The van der Waals surface area contributed by atoms with Gasteiger partial charge in [-0.15, -0.1) is 0 Å². The van der Waals surface area contributed by atoms with Crippen molar-refractivity contribution in [2.24, 2.45) is 0 Å². The fourth-order valence-electron chi connectivity index (χ4n) is 1.96. The van der Waals surface area contributed by atoms with E-state index < -0.39 is 17.6 Å². The van der Waals surface area contributed by atoms with Gasteiger partial charge in [0.15, 0.2) is 0 Å². The van der Waals surface area contributed by atoms with Gasteiger partial charge < -0.3 is 0 Å². The predicted molar refractivity (Wildman–Crippen MR) is 79.0 cm³/mol. The zero-order valence-electron chi connectivity index (χ0n) is 12.0. The number of imide groups is 1. The molecule has 22 heavy (non-hydrogen) atoms. The minimum Gasteiger partial charge on any atom is -0.268 e. The number of alkyl halides is 3. The molecule has 0 saturated carbocycles. The van der Waals surface area contributed by atoms with Crippen LogP contribution in [-0.4, -0.2) is 22.1 Å². The summed E-state index contributed by atoms with van der Waals surface area (Å²) >= 11 is 0.806. The summed E-state index contributed by atoms with van der Waals surface area (Å²) in [6, 6.07) is 4.25. The first-order valence-corrected chi connectivity index (χ1v) is 7.50. The number of rotatable bonds is 3. The van der Waals surface area contributed by atoms with Gasteiger partial charge in [-0.2, -0.15) is 13.2 Å². The number of carbonyl (C=O) groups excluding carboxylic acids is 2. The Kier molecular flexibility index (Phi) is 4.65. The Balaban J connectivity index is 2.24. The van der Waals surface area contributed by atoms with Gasteiger partial charge in [0.2, 0.25) is 0 Å². The van der Waals surface area contributed by atoms with Crippen molar-refractivity contribution in [1.82, 2.24) is 4.90 Å². The van der Waals surface area contributed by atoms with Crippen LogP contribution in [0.25, 0.3) is 6.08 Å². The lowest BCUT2D eigenvalue weighted by Crippen LogP contribution is -2.36. The number of benzene rings is 1. The van der Waals surface area contributed by atoms with Crippen LogP contribution in [0.2, 0.25) is 0 Å². The molecule has 0 spiro atoms. The molecule has 2 amide bonds. The highest BCUT2D eigenvalue weighted by Gasteiger charge is 2.37. The van der Waals surface area contributed by atoms with E-state index in [-0.39, 0.29) is 16.2 Å². The number of nitrogens with zero attached hydrogens (tertiary/aromatic N) is 1. The first-order valence-electron chi connectivity index (χ1n) is 6.68. The summed E-state index contributed by atoms with van der Waals surface area (Å²) in [5.41, 5.74) is -0.306. The van der Waals surface area contributed by atoms with E-state index >= 15 is 0 Å². The number of hydrogen-bond acceptors (Lipinski definition) is 3. The third-order valence-corrected chi connectivity index (χ3v) is 4.27. The van der Waals surface area contributed by atoms with Gasteiger partial charge in [-0.25, -0.2) is 0 Å². The third-order valence-electron chi connectivity index (χ3n) is 3.39. The topological polar surface area (TPSA) is 37.4 Å². The molecular weight excluding hydrogens is 315 g/mol. The SMILES string of the molecule is CC[C@H](C)N1C(=O)S/C(=C/c2ccc(C(F)(F)F)cc2)C1=O. The smallest absolute Gasteiger partial charge is 0.268 e. The van der Waals surface area contributed by atoms with Crippen molar-refractivity contribution in [3.63, 3.8) is 0 Å². The molecule has 0 radical (unpaired) electrons. The van der Waals surface area contributed by atoms with Crippen molar-refractivity contribution in [3.8, 4) is 0 Å². The van der Waals surface area contributed by atoms with Crippen molar-refractivity contribution in [3.05, 3.63) is 40.3 Å². The molecule has 0 aliphatic carbocycles. The second kappa shape index (κ2) is 6.16. The van der Waals surface area contributed by atoms with E-state index in [1.54, 1.807) is 6.92 Å². The fourth-order valence-corrected chi connectivity index (χ4v) is 2.89. The molecule has 118 valence electrons. The summed E-state index contributed by atoms with van der Waals surface area (Å²) in [7, 11) is 0. The monoisotopic (exact) mass is 329 g/mol. The van der Waals surface area contributed by atoms with Gasteiger partial charge in [0.05, 0.1) is 10.5 Å². The molecule has 2 rings (SSSR count). The van der Waals surface area contributed by atoms with Crippen molar-refractivity contribution in [2.45, 2.75) is 32.5 Å². The molecule has 7 heteroatoms. The molecule has 1 aliphatic rings. The molecule has 0 aromatic heterocycles. The molecule has 0 N–H and O–H groups in total. The van der Waals surface area contributed by atoms with E-state index in [0.29, 0.717) is 12.0 Å². The first-order chi connectivity index (χ1) is 10.2. The highest BCUT2D eigenvalue weighted by molar-refractivity contribution is 8.18. The Hall–Kier alpha value is -1.76. The lowest BCUT2D eigenvalue weighted by atomic mass is 10.1. The van der Waals surface area contributed by atoms with Crippen molar-refractivity contribution < 1.29 is 22.8 Å². The highest BCUT2D eigenvalue weighted by atomic mass is 32.2. The van der Waals surface area contributed by atoms with E-state index in [2.05, 4.69) is 0 Å². The largest absolute Gasteiger partial charge is 0.416 e. The molecule has 1 aromatic rings. The number of carbonyl (C=O) groups is 2. The minimum atomic E-state index is -4.40. The highest BCUT2D eigenvalue weighted by Crippen LogP contribution is 2.34. The summed E-state index contributed by atoms with van der Waals surface area (Å²) in [6.07, 6.45) is -2.31. The lowest BCUT2D eigenvalue weighted by molar-refractivity contribution is -0.137. The summed E-state index contributed by atoms with van der Waals surface area (Å²) in [5.74, 6) is -0.399. The van der Waals surface area contributed by atoms with E-state index in [1.807, 2.05) is 6.92 Å². The summed E-state index contributed by atoms with van der Waals surface area (Å²) in [5, 5.41) is -0.350. The molecule has 0 unspecified atom stereocenters. The Morgan fingerprint density at radius 3 is 2.32 bits per heavy atom. The summed E-state index contributed by atoms with van der Waals surface area (Å²) < 4.78 is 37.5. The van der Waals surface area contributed by atoms with Crippen LogP contribution in [0, 0.1) is 0 Å². The molecular formula is C15H14F3NO2S. The van der Waals surface area contributed by atoms with Gasteiger partial charge in [0.25, 0.3) is 11.1 Å². The van der Waals surface area contributed by atoms with Crippen molar-refractivity contribution in [2.75, 3.05) is 0 Å². The molecule has 1 fully saturated rings. The number of thioether (sulfide) groups is 1. The molecule has 3 nitrogen and oxygen atoms in total. The Morgan fingerprint density at radius 2 is 1.82 bits per heavy atom. The van der Waals surface area contributed by atoms with Gasteiger partial charge in [-0.1, -0.05) is 19.1 Å². The van der Waals surface area contributed by atoms with Crippen molar-refractivity contribution >= 4 is 29.0 Å². The van der Waals surface area contributed by atoms with E-state index in [0.717, 1.165) is 23.9 Å². The zero-order valence-corrected chi connectivity index (χ0v) is 12.8. The fraction of sp³-hybridized carbons (Fsp3) is 0.333. The first kappa shape index (κ1) is 16.6. The Bertz CT molecular complexity index is 623. The molecule has 1 aliphatic heterocycles. The molecule has 1 heterocycles. The Labute approximate surface area is 130 Å². The van der Waals surface area contributed by atoms with Crippen LogP contribution in [0.4, 0.5) is 18.0 Å². The summed E-state index contributed by atoms with van der Waals surface area (Å²) in [6.45, 7) is 3.64. The molecule has 1 saturated heterocycles. The maximum Gasteiger partial charge on any atom is 0.416 e. The molecule has 1 aromatic carbocycles. The van der Waals surface area contributed by atoms with Gasteiger partial charge in [0.1, 0.15) is 0 Å². The van der Waals surface area contributed by atoms with E-state index in [9.17, 15) is 22.8 Å². The number of amides is 2. The maximum atomic E-state index is 12.5. The average Bonchev–Trinajstić information content (AvgIpc) is 2.72. The van der Waals surface area contributed by atoms with E-state index in [1.165, 1.54) is 23.1 Å². The van der Waals surface area contributed by atoms with Crippen LogP contribution >= 0.6 is 11.8 Å². The van der Waals surface area contributed by atoms with Crippen LogP contribution in [0.3, 0.4) is 0 Å². The van der Waals surface area contributed by atoms with Crippen LogP contribution in [-0.2, 0) is 11.0 Å². The Morgan fingerprint density at radius 1 is 1.23 bits per heavy atom. The zero-order chi connectivity index (χ0) is 16.5. The quantitative estimate of drug-likeness (QED) is 0.764. The standard InChI is InChI=1S/C15H14F3NO2S/c1-3-9(2)19-13(20)12(22-14(19)21)8-10-4-6-11(7-5-10)15(16,17)18/h4-9H,3H2,1-2H3/b12-8+/t9-/m0/s1. The van der Waals surface area contributed by atoms with Crippen LogP contribution < -0.4 is 0 Å². The van der Waals surface area contributed by atoms with E-state index in [4.69, 9.17) is 0 Å². The second-order valence-corrected chi connectivity index (χ2v) is 5.92. The summed E-state index contributed by atoms with van der Waals surface area (Å²) in [4.78, 5) is 25.4. The second-order valence-electron chi connectivity index (χ2n) is 4.93. The lowest BCUT2D eigenvalue weighted by Gasteiger charge is -2.19. The van der Waals surface area contributed by atoms with Crippen LogP contribution in [0.15, 0.2) is 29.2 Å². The van der Waals surface area contributed by atoms with Gasteiger partial charge >= 0.3 is 6.18 Å². The molecule has 0 bridgehead atoms. The normalized spacial score (nSPS) is 19.1.